The van der Waals surface area contributed by atoms with Crippen molar-refractivity contribution in [3.8, 4) is 0 Å². The maximum absolute atomic E-state index is 11.2. The van der Waals surface area contributed by atoms with E-state index >= 15 is 0 Å². The molecule has 0 fully saturated rings. The summed E-state index contributed by atoms with van der Waals surface area (Å²) >= 11 is 1.82. The molecule has 0 aliphatic carbocycles. The predicted molar refractivity (Wildman–Crippen MR) is 113 cm³/mol. The lowest BCUT2D eigenvalue weighted by Gasteiger charge is -2.29. The predicted octanol–water partition coefficient (Wildman–Crippen LogP) is 3.05. The number of aromatic nitrogens is 2. The van der Waals surface area contributed by atoms with Crippen molar-refractivity contribution in [3.63, 3.8) is 0 Å². The van der Waals surface area contributed by atoms with Gasteiger partial charge in [0.2, 0.25) is 0 Å². The van der Waals surface area contributed by atoms with E-state index in [1.54, 1.807) is 11.6 Å². The van der Waals surface area contributed by atoms with Crippen LogP contribution in [0.25, 0.3) is 17.1 Å². The van der Waals surface area contributed by atoms with Crippen LogP contribution in [0.3, 0.4) is 0 Å². The second-order valence-corrected chi connectivity index (χ2v) is 8.80. The van der Waals surface area contributed by atoms with Crippen LogP contribution in [0.2, 0.25) is 0 Å². The molecular weight excluding hydrogens is 360 g/mol. The van der Waals surface area contributed by atoms with E-state index < -0.39 is 5.91 Å². The minimum Gasteiger partial charge on any atom is -0.327 e. The summed E-state index contributed by atoms with van der Waals surface area (Å²) < 4.78 is 2.34. The first kappa shape index (κ1) is 21.5. The number of carbonyl (C=O) groups excluding carboxylic acids is 1. The van der Waals surface area contributed by atoms with Gasteiger partial charge in [-0.1, -0.05) is 19.9 Å². The Balaban J connectivity index is 2.40. The molecule has 1 heterocycles. The molecule has 2 N–H and O–H groups in total. The van der Waals surface area contributed by atoms with Gasteiger partial charge in [-0.3, -0.25) is 10.0 Å². The van der Waals surface area contributed by atoms with Crippen LogP contribution in [0.5, 0.6) is 0 Å². The lowest BCUT2D eigenvalue weighted by Crippen LogP contribution is -2.32. The highest BCUT2D eigenvalue weighted by atomic mass is 32.2. The smallest absolute Gasteiger partial charge is 0.267 e. The first-order valence-electron chi connectivity index (χ1n) is 9.01. The van der Waals surface area contributed by atoms with Crippen molar-refractivity contribution in [2.75, 3.05) is 32.6 Å². The zero-order chi connectivity index (χ0) is 20.0. The third-order valence-corrected chi connectivity index (χ3v) is 4.86. The average molecular weight is 391 g/mol. The second-order valence-electron chi connectivity index (χ2n) is 7.82. The van der Waals surface area contributed by atoms with Gasteiger partial charge in [-0.2, -0.15) is 11.8 Å². The number of rotatable bonds is 9. The van der Waals surface area contributed by atoms with Gasteiger partial charge in [0.05, 0.1) is 11.0 Å². The molecule has 0 aliphatic rings. The minimum absolute atomic E-state index is 0.114. The van der Waals surface area contributed by atoms with Crippen LogP contribution in [0.15, 0.2) is 24.3 Å². The molecule has 0 unspecified atom stereocenters. The monoisotopic (exact) mass is 390 g/mol. The van der Waals surface area contributed by atoms with Gasteiger partial charge in [-0.15, -0.1) is 0 Å². The summed E-state index contributed by atoms with van der Waals surface area (Å²) in [6, 6.07) is 6.01. The summed E-state index contributed by atoms with van der Waals surface area (Å²) in [4.78, 5) is 18.3. The molecule has 0 bridgehead atoms. The first-order valence-corrected chi connectivity index (χ1v) is 10.4. The number of nitrogens with zero attached hydrogens (tertiary/aromatic N) is 3. The topological polar surface area (TPSA) is 70.4 Å². The Morgan fingerprint density at radius 3 is 2.78 bits per heavy atom. The van der Waals surface area contributed by atoms with Crippen LogP contribution in [0, 0.1) is 5.41 Å². The van der Waals surface area contributed by atoms with Gasteiger partial charge in [0.1, 0.15) is 5.82 Å². The molecule has 7 heteroatoms. The molecule has 0 spiro atoms. The zero-order valence-electron chi connectivity index (χ0n) is 16.8. The van der Waals surface area contributed by atoms with E-state index in [1.165, 1.54) is 6.08 Å². The highest BCUT2D eigenvalue weighted by Crippen LogP contribution is 2.26. The van der Waals surface area contributed by atoms with E-state index in [2.05, 4.69) is 49.7 Å². The first-order chi connectivity index (χ1) is 12.8. The Hall–Kier alpha value is -1.83. The highest BCUT2D eigenvalue weighted by molar-refractivity contribution is 7.98. The van der Waals surface area contributed by atoms with Gasteiger partial charge in [0, 0.05) is 31.3 Å². The molecule has 0 radical (unpaired) electrons. The molecule has 1 aromatic carbocycles. The molecule has 0 saturated carbocycles. The zero-order valence-corrected chi connectivity index (χ0v) is 17.6. The molecule has 2 rings (SSSR count). The number of thioether (sulfide) groups is 1. The number of hydrogen-bond donors (Lipinski definition) is 2. The summed E-state index contributed by atoms with van der Waals surface area (Å²) in [6.07, 6.45) is 6.00. The minimum atomic E-state index is -0.549. The van der Waals surface area contributed by atoms with E-state index in [1.807, 2.05) is 23.9 Å². The molecule has 0 saturated heterocycles. The van der Waals surface area contributed by atoms with E-state index in [4.69, 9.17) is 10.2 Å². The van der Waals surface area contributed by atoms with Crippen molar-refractivity contribution in [1.29, 1.82) is 0 Å². The van der Waals surface area contributed by atoms with Crippen LogP contribution < -0.4 is 5.48 Å². The number of aryl methyl sites for hydroxylation is 1. The van der Waals surface area contributed by atoms with Crippen LogP contribution in [-0.4, -0.2) is 58.2 Å². The number of hydroxylamine groups is 1. The quantitative estimate of drug-likeness (QED) is 0.391. The Labute approximate surface area is 165 Å². The molecular formula is C20H30N4O2S. The molecule has 2 aromatic rings. The fourth-order valence-corrected chi connectivity index (χ4v) is 3.79. The van der Waals surface area contributed by atoms with E-state index in [0.717, 1.165) is 47.7 Å². The largest absolute Gasteiger partial charge is 0.327 e. The number of hydrogen-bond acceptors (Lipinski definition) is 5. The van der Waals surface area contributed by atoms with Crippen molar-refractivity contribution in [2.45, 2.75) is 26.8 Å². The summed E-state index contributed by atoms with van der Waals surface area (Å²) in [5, 5.41) is 8.61. The number of amides is 1. The van der Waals surface area contributed by atoms with Gasteiger partial charge < -0.3 is 9.47 Å². The number of benzene rings is 1. The Kier molecular flexibility index (Phi) is 7.47. The van der Waals surface area contributed by atoms with E-state index in [0.29, 0.717) is 0 Å². The number of carbonyl (C=O) groups is 1. The van der Waals surface area contributed by atoms with Crippen molar-refractivity contribution in [1.82, 2.24) is 19.9 Å². The van der Waals surface area contributed by atoms with Crippen LogP contribution >= 0.6 is 11.8 Å². The summed E-state index contributed by atoms with van der Waals surface area (Å²) in [7, 11) is 4.20. The van der Waals surface area contributed by atoms with Crippen molar-refractivity contribution >= 4 is 34.8 Å². The highest BCUT2D eigenvalue weighted by Gasteiger charge is 2.23. The van der Waals surface area contributed by atoms with Crippen LogP contribution in [0.1, 0.15) is 25.2 Å². The average Bonchev–Trinajstić information content (AvgIpc) is 2.92. The molecule has 27 heavy (non-hydrogen) atoms. The number of imidazole rings is 1. The molecule has 1 amide bonds. The third-order valence-electron chi connectivity index (χ3n) is 4.25. The molecule has 0 atom stereocenters. The van der Waals surface area contributed by atoms with Gasteiger partial charge in [-0.05, 0) is 49.5 Å². The van der Waals surface area contributed by atoms with Gasteiger partial charge in [0.15, 0.2) is 0 Å². The Bertz CT molecular complexity index is 812. The Morgan fingerprint density at radius 2 is 2.15 bits per heavy atom. The fourth-order valence-electron chi connectivity index (χ4n) is 3.40. The van der Waals surface area contributed by atoms with E-state index in [-0.39, 0.29) is 5.41 Å². The third kappa shape index (κ3) is 6.09. The van der Waals surface area contributed by atoms with Crippen molar-refractivity contribution < 1.29 is 10.0 Å². The standard InChI is InChI=1S/C20H30N4O2S/c1-20(2,13-23(3)4)14-24-17-8-6-15(7-9-19(25)22-26)12-16(17)21-18(24)10-11-27-5/h6-9,12,26H,10-11,13-14H2,1-5H3,(H,22,25)/b9-7+. The van der Waals surface area contributed by atoms with Crippen molar-refractivity contribution in [2.24, 2.45) is 5.41 Å². The molecule has 1 aromatic heterocycles. The lowest BCUT2D eigenvalue weighted by molar-refractivity contribution is -0.124. The van der Waals surface area contributed by atoms with Crippen molar-refractivity contribution in [3.05, 3.63) is 35.7 Å². The van der Waals surface area contributed by atoms with Gasteiger partial charge >= 0.3 is 0 Å². The van der Waals surface area contributed by atoms with Gasteiger partial charge in [-0.25, -0.2) is 10.5 Å². The number of fused-ring (bicyclic) bond motifs is 1. The van der Waals surface area contributed by atoms with Crippen LogP contribution in [0.4, 0.5) is 0 Å². The summed E-state index contributed by atoms with van der Waals surface area (Å²) in [6.45, 7) is 6.45. The maximum atomic E-state index is 11.2. The summed E-state index contributed by atoms with van der Waals surface area (Å²) in [5.74, 6) is 1.58. The van der Waals surface area contributed by atoms with Gasteiger partial charge in [0.25, 0.3) is 5.91 Å². The fraction of sp³-hybridized carbons (Fsp3) is 0.500. The molecule has 148 valence electrons. The van der Waals surface area contributed by atoms with E-state index in [9.17, 15) is 4.79 Å². The normalized spacial score (nSPS) is 12.4. The maximum Gasteiger partial charge on any atom is 0.267 e. The molecule has 6 nitrogen and oxygen atoms in total. The lowest BCUT2D eigenvalue weighted by atomic mass is 9.92. The SMILES string of the molecule is CSCCc1nc2cc(/C=C/C(=O)NO)ccc2n1CC(C)(C)CN(C)C. The molecule has 0 aliphatic heterocycles. The number of nitrogens with one attached hydrogen (secondary N) is 1. The van der Waals surface area contributed by atoms with Crippen LogP contribution in [-0.2, 0) is 17.8 Å². The second kappa shape index (κ2) is 9.39. The Morgan fingerprint density at radius 1 is 1.41 bits per heavy atom. The summed E-state index contributed by atoms with van der Waals surface area (Å²) in [5.41, 5.74) is 4.63.